The van der Waals surface area contributed by atoms with Crippen molar-refractivity contribution in [2.75, 3.05) is 64.0 Å². The summed E-state index contributed by atoms with van der Waals surface area (Å²) in [5.41, 5.74) is 4.27. The van der Waals surface area contributed by atoms with Crippen LogP contribution in [-0.4, -0.2) is 101 Å². The Morgan fingerprint density at radius 1 is 1.00 bits per heavy atom. The number of imidazole rings is 1. The van der Waals surface area contributed by atoms with E-state index in [0.717, 1.165) is 61.6 Å². The molecule has 0 aliphatic carbocycles. The van der Waals surface area contributed by atoms with Crippen LogP contribution in [0.5, 0.6) is 0 Å². The number of hydrogen-bond donors (Lipinski definition) is 3. The molecule has 2 aromatic heterocycles. The minimum atomic E-state index is -0.496. The van der Waals surface area contributed by atoms with Crippen LogP contribution >= 0.6 is 0 Å². The van der Waals surface area contributed by atoms with Gasteiger partial charge in [-0.05, 0) is 89.8 Å². The number of H-pyrrole nitrogens is 1. The number of para-hydroxylation sites is 1. The van der Waals surface area contributed by atoms with Gasteiger partial charge >= 0.3 is 6.09 Å². The molecule has 2 aromatic carbocycles. The molecule has 3 N–H and O–H groups in total. The zero-order valence-corrected chi connectivity index (χ0v) is 28.9. The Kier molecular flexibility index (Phi) is 12.3. The molecule has 0 bridgehead atoms. The Bertz CT molecular complexity index is 1600. The zero-order valence-electron chi connectivity index (χ0n) is 28.9. The number of aromatic nitrogens is 3. The molecule has 4 aromatic rings. The largest absolute Gasteiger partial charge is 0.444 e. The maximum Gasteiger partial charge on any atom is 0.410 e. The first-order valence-electron chi connectivity index (χ1n) is 16.5. The first-order valence-corrected chi connectivity index (χ1v) is 16.5. The van der Waals surface area contributed by atoms with Gasteiger partial charge in [-0.2, -0.15) is 0 Å². The van der Waals surface area contributed by atoms with Crippen molar-refractivity contribution in [3.8, 4) is 11.4 Å². The Hall–Kier alpha value is -4.48. The average Bonchev–Trinajstić information content (AvgIpc) is 3.50. The lowest BCUT2D eigenvalue weighted by Gasteiger charge is -2.35. The van der Waals surface area contributed by atoms with E-state index in [1.165, 1.54) is 0 Å². The number of fused-ring (bicyclic) bond motifs is 1. The number of carbonyl (C=O) groups is 2. The number of carbonyl (C=O) groups excluding carboxylic acids is 2. The van der Waals surface area contributed by atoms with Gasteiger partial charge in [0, 0.05) is 56.6 Å². The number of anilines is 2. The quantitative estimate of drug-likeness (QED) is 0.172. The van der Waals surface area contributed by atoms with E-state index in [1.54, 1.807) is 11.1 Å². The van der Waals surface area contributed by atoms with E-state index in [2.05, 4.69) is 44.5 Å². The molecule has 0 unspecified atom stereocenters. The van der Waals surface area contributed by atoms with Gasteiger partial charge in [0.1, 0.15) is 22.8 Å². The molecule has 2 amide bonds. The second-order valence-electron chi connectivity index (χ2n) is 12.7. The Labute approximate surface area is 278 Å². The molecule has 11 heteroatoms. The van der Waals surface area contributed by atoms with Crippen LogP contribution in [-0.2, 0) is 11.3 Å². The van der Waals surface area contributed by atoms with Crippen molar-refractivity contribution in [3.63, 3.8) is 0 Å². The summed E-state index contributed by atoms with van der Waals surface area (Å²) in [7, 11) is 4.13. The molecule has 3 heterocycles. The fourth-order valence-electron chi connectivity index (χ4n) is 5.19. The maximum atomic E-state index is 13.2. The van der Waals surface area contributed by atoms with Crippen LogP contribution in [0, 0.1) is 0 Å². The molecule has 0 atom stereocenters. The van der Waals surface area contributed by atoms with Crippen LogP contribution in [0.25, 0.3) is 22.4 Å². The molecule has 1 saturated heterocycles. The van der Waals surface area contributed by atoms with Crippen molar-refractivity contribution in [2.45, 2.75) is 53.2 Å². The monoisotopic (exact) mass is 642 g/mol. The standard InChI is InChI=1S/C34H44N8O3.C2H6/c1-34(2,3)45-33(44)42-20-18-41(19-21-42)23-24-10-12-25(13-11-24)32(43)38-28-9-6-8-27-30(28)39-31(37-27)26-14-16-36-29(22-26)35-15-7-17-40(4)5;1-2/h6,8-14,16,22H,7,15,17-21,23H2,1-5H3,(H,35,36)(H,37,39)(H,38,43);1-2H3. The molecule has 11 nitrogen and oxygen atoms in total. The summed E-state index contributed by atoms with van der Waals surface area (Å²) in [4.78, 5) is 44.5. The van der Waals surface area contributed by atoms with E-state index in [4.69, 9.17) is 9.72 Å². The van der Waals surface area contributed by atoms with E-state index in [1.807, 2.05) is 89.2 Å². The fraction of sp³-hybridized carbons (Fsp3) is 0.444. The Morgan fingerprint density at radius 3 is 2.40 bits per heavy atom. The predicted octanol–water partition coefficient (Wildman–Crippen LogP) is 6.32. The van der Waals surface area contributed by atoms with Crippen molar-refractivity contribution in [1.82, 2.24) is 29.7 Å². The highest BCUT2D eigenvalue weighted by Gasteiger charge is 2.26. The summed E-state index contributed by atoms with van der Waals surface area (Å²) in [6.07, 6.45) is 2.53. The van der Waals surface area contributed by atoms with E-state index >= 15 is 0 Å². The zero-order chi connectivity index (χ0) is 34.0. The highest BCUT2D eigenvalue weighted by molar-refractivity contribution is 6.08. The van der Waals surface area contributed by atoms with Gasteiger partial charge in [0.25, 0.3) is 5.91 Å². The third-order valence-electron chi connectivity index (χ3n) is 7.53. The number of piperazine rings is 1. The number of nitrogens with one attached hydrogen (secondary N) is 3. The van der Waals surface area contributed by atoms with E-state index < -0.39 is 5.60 Å². The van der Waals surface area contributed by atoms with Crippen molar-refractivity contribution in [3.05, 3.63) is 71.9 Å². The van der Waals surface area contributed by atoms with Crippen LogP contribution in [0.2, 0.25) is 0 Å². The smallest absolute Gasteiger partial charge is 0.410 e. The number of nitrogens with zero attached hydrogens (tertiary/aromatic N) is 5. The van der Waals surface area contributed by atoms with Gasteiger partial charge < -0.3 is 30.2 Å². The van der Waals surface area contributed by atoms with Crippen LogP contribution in [0.15, 0.2) is 60.8 Å². The molecule has 5 rings (SSSR count). The third kappa shape index (κ3) is 10.3. The lowest BCUT2D eigenvalue weighted by molar-refractivity contribution is 0.0139. The van der Waals surface area contributed by atoms with E-state index in [-0.39, 0.29) is 12.0 Å². The van der Waals surface area contributed by atoms with Gasteiger partial charge in [-0.3, -0.25) is 9.69 Å². The molecule has 47 heavy (non-hydrogen) atoms. The number of aromatic amines is 1. The van der Waals surface area contributed by atoms with E-state index in [0.29, 0.717) is 35.7 Å². The Morgan fingerprint density at radius 2 is 1.72 bits per heavy atom. The number of benzene rings is 2. The first-order chi connectivity index (χ1) is 22.5. The first kappa shape index (κ1) is 35.4. The molecule has 0 radical (unpaired) electrons. The normalized spacial score (nSPS) is 13.7. The summed E-state index contributed by atoms with van der Waals surface area (Å²) in [6.45, 7) is 15.0. The summed E-state index contributed by atoms with van der Waals surface area (Å²) >= 11 is 0. The topological polar surface area (TPSA) is 119 Å². The van der Waals surface area contributed by atoms with Crippen molar-refractivity contribution in [2.24, 2.45) is 0 Å². The number of rotatable bonds is 10. The van der Waals surface area contributed by atoms with Gasteiger partial charge in [0.15, 0.2) is 0 Å². The summed E-state index contributed by atoms with van der Waals surface area (Å²) in [5, 5.41) is 6.42. The Balaban J connectivity index is 0.00000245. The molecular formula is C36H50N8O3. The number of hydrogen-bond acceptors (Lipinski definition) is 8. The molecule has 0 saturated carbocycles. The molecule has 1 aliphatic heterocycles. The molecular weight excluding hydrogens is 592 g/mol. The number of ether oxygens (including phenoxy) is 1. The van der Waals surface area contributed by atoms with Crippen LogP contribution in [0.1, 0.15) is 57.0 Å². The average molecular weight is 643 g/mol. The van der Waals surface area contributed by atoms with Gasteiger partial charge in [-0.1, -0.05) is 32.0 Å². The van der Waals surface area contributed by atoms with Gasteiger partial charge in [-0.25, -0.2) is 14.8 Å². The molecule has 0 spiro atoms. The van der Waals surface area contributed by atoms with Crippen LogP contribution < -0.4 is 10.6 Å². The molecule has 1 aliphatic rings. The summed E-state index contributed by atoms with van der Waals surface area (Å²) < 4.78 is 5.50. The summed E-state index contributed by atoms with van der Waals surface area (Å²) in [5.74, 6) is 1.31. The van der Waals surface area contributed by atoms with Gasteiger partial charge in [0.05, 0.1) is 11.2 Å². The lowest BCUT2D eigenvalue weighted by atomic mass is 10.1. The SMILES string of the molecule is CC.CN(C)CCCNc1cc(-c2nc3c(NC(=O)c4ccc(CN5CCN(C(=O)OC(C)(C)C)CC5)cc4)cccc3[nH]2)ccn1. The van der Waals surface area contributed by atoms with Crippen molar-refractivity contribution in [1.29, 1.82) is 0 Å². The minimum absolute atomic E-state index is 0.197. The second kappa shape index (κ2) is 16.4. The molecule has 252 valence electrons. The second-order valence-corrected chi connectivity index (χ2v) is 12.7. The minimum Gasteiger partial charge on any atom is -0.444 e. The summed E-state index contributed by atoms with van der Waals surface area (Å²) in [6, 6.07) is 17.3. The highest BCUT2D eigenvalue weighted by atomic mass is 16.6. The maximum absolute atomic E-state index is 13.2. The predicted molar refractivity (Wildman–Crippen MR) is 190 cm³/mol. The van der Waals surface area contributed by atoms with E-state index in [9.17, 15) is 9.59 Å². The highest BCUT2D eigenvalue weighted by Crippen LogP contribution is 2.27. The molecule has 1 fully saturated rings. The van der Waals surface area contributed by atoms with Crippen molar-refractivity contribution >= 4 is 34.5 Å². The lowest BCUT2D eigenvalue weighted by Crippen LogP contribution is -2.49. The fourth-order valence-corrected chi connectivity index (χ4v) is 5.19. The van der Waals surface area contributed by atoms with Gasteiger partial charge in [0.2, 0.25) is 0 Å². The van der Waals surface area contributed by atoms with Crippen LogP contribution in [0.3, 0.4) is 0 Å². The third-order valence-corrected chi connectivity index (χ3v) is 7.53. The number of pyridine rings is 1. The number of amides is 2. The van der Waals surface area contributed by atoms with Gasteiger partial charge in [-0.15, -0.1) is 0 Å². The van der Waals surface area contributed by atoms with Crippen molar-refractivity contribution < 1.29 is 14.3 Å². The van der Waals surface area contributed by atoms with Crippen LogP contribution in [0.4, 0.5) is 16.3 Å².